The highest BCUT2D eigenvalue weighted by Gasteiger charge is 2.31. The van der Waals surface area contributed by atoms with Crippen LogP contribution in [-0.2, 0) is 16.1 Å². The van der Waals surface area contributed by atoms with Crippen LogP contribution in [0.4, 0.5) is 5.69 Å². The van der Waals surface area contributed by atoms with Gasteiger partial charge in [0.2, 0.25) is 5.91 Å². The molecule has 1 saturated heterocycles. The van der Waals surface area contributed by atoms with Gasteiger partial charge in [0, 0.05) is 46.0 Å². The normalized spacial score (nSPS) is 19.9. The maximum Gasteiger partial charge on any atom is 0.256 e. The zero-order valence-corrected chi connectivity index (χ0v) is 22.4. The van der Waals surface area contributed by atoms with Crippen LogP contribution < -0.4 is 10.6 Å². The van der Waals surface area contributed by atoms with Crippen LogP contribution in [0.3, 0.4) is 0 Å². The molecule has 2 aromatic carbocycles. The Bertz CT molecular complexity index is 1390. The Labute approximate surface area is 225 Å². The van der Waals surface area contributed by atoms with Gasteiger partial charge in [0.05, 0.1) is 5.57 Å². The van der Waals surface area contributed by atoms with E-state index in [0.29, 0.717) is 0 Å². The van der Waals surface area contributed by atoms with Crippen molar-refractivity contribution in [2.75, 3.05) is 25.0 Å². The molecule has 0 radical (unpaired) electrons. The van der Waals surface area contributed by atoms with Crippen LogP contribution in [0.25, 0.3) is 22.0 Å². The molecule has 198 valence electrons. The second-order valence-corrected chi connectivity index (χ2v) is 11.2. The first-order chi connectivity index (χ1) is 18.6. The average Bonchev–Trinajstić information content (AvgIpc) is 3.41. The summed E-state index contributed by atoms with van der Waals surface area (Å²) in [5, 5.41) is 7.50. The van der Waals surface area contributed by atoms with E-state index in [4.69, 9.17) is 0 Å². The van der Waals surface area contributed by atoms with Gasteiger partial charge in [-0.2, -0.15) is 0 Å². The summed E-state index contributed by atoms with van der Waals surface area (Å²) in [5.74, 6) is 0.0333. The number of nitrogens with zero attached hydrogens (tertiary/aromatic N) is 2. The smallest absolute Gasteiger partial charge is 0.256 e. The van der Waals surface area contributed by atoms with Gasteiger partial charge >= 0.3 is 0 Å². The number of carbonyl (C=O) groups excluding carboxylic acids is 2. The summed E-state index contributed by atoms with van der Waals surface area (Å²) < 4.78 is 2.15. The fraction of sp³-hybridized carbons (Fsp3) is 0.438. The molecule has 2 fully saturated rings. The van der Waals surface area contributed by atoms with Gasteiger partial charge in [-0.25, -0.2) is 0 Å². The number of rotatable bonds is 6. The van der Waals surface area contributed by atoms with E-state index >= 15 is 0 Å². The van der Waals surface area contributed by atoms with Crippen molar-refractivity contribution in [3.63, 3.8) is 0 Å². The van der Waals surface area contributed by atoms with Crippen molar-refractivity contribution in [1.82, 2.24) is 14.8 Å². The van der Waals surface area contributed by atoms with Crippen molar-refractivity contribution in [2.45, 2.75) is 70.9 Å². The standard InChI is InChI=1S/C32H38N4O2/c1-22-30(25-15-7-9-17-28(25)36(22)21-29(37)33-23-12-4-2-5-13-23)26(20-35-18-10-3-11-19-35)31-24-14-6-8-16-27(24)34-32(31)38/h6-9,14-17,23H,2-5,10-13,18-21H2,1H3,(H,33,37)(H,34,38). The number of fused-ring (bicyclic) bond motifs is 2. The number of likely N-dealkylation sites (tertiary alicyclic amines) is 1. The minimum Gasteiger partial charge on any atom is -0.352 e. The van der Waals surface area contributed by atoms with Crippen LogP contribution in [0, 0.1) is 6.92 Å². The summed E-state index contributed by atoms with van der Waals surface area (Å²) in [6, 6.07) is 16.6. The lowest BCUT2D eigenvalue weighted by molar-refractivity contribution is -0.122. The third-order valence-electron chi connectivity index (χ3n) is 8.61. The molecule has 0 bridgehead atoms. The molecular weight excluding hydrogens is 472 g/mol. The minimum atomic E-state index is -0.0375. The molecule has 3 heterocycles. The molecule has 0 spiro atoms. The third-order valence-corrected chi connectivity index (χ3v) is 8.61. The predicted octanol–water partition coefficient (Wildman–Crippen LogP) is 5.75. The van der Waals surface area contributed by atoms with E-state index in [1.807, 2.05) is 30.3 Å². The van der Waals surface area contributed by atoms with Crippen LogP contribution >= 0.6 is 0 Å². The van der Waals surface area contributed by atoms with E-state index in [9.17, 15) is 9.59 Å². The molecule has 6 rings (SSSR count). The lowest BCUT2D eigenvalue weighted by atomic mass is 9.92. The predicted molar refractivity (Wildman–Crippen MR) is 154 cm³/mol. The molecule has 38 heavy (non-hydrogen) atoms. The summed E-state index contributed by atoms with van der Waals surface area (Å²) in [6.07, 6.45) is 9.43. The number of amides is 2. The zero-order valence-electron chi connectivity index (χ0n) is 22.4. The Morgan fingerprint density at radius 1 is 0.921 bits per heavy atom. The van der Waals surface area contributed by atoms with Crippen molar-refractivity contribution < 1.29 is 9.59 Å². The van der Waals surface area contributed by atoms with E-state index in [1.54, 1.807) is 0 Å². The number of anilines is 1. The summed E-state index contributed by atoms with van der Waals surface area (Å²) >= 11 is 0. The van der Waals surface area contributed by atoms with Crippen LogP contribution in [-0.4, -0.2) is 47.0 Å². The maximum absolute atomic E-state index is 13.5. The summed E-state index contributed by atoms with van der Waals surface area (Å²) in [5.41, 5.74) is 6.86. The van der Waals surface area contributed by atoms with Gasteiger partial charge in [-0.05, 0) is 63.4 Å². The van der Waals surface area contributed by atoms with Crippen molar-refractivity contribution in [3.8, 4) is 0 Å². The Morgan fingerprint density at radius 3 is 2.45 bits per heavy atom. The molecule has 2 aliphatic heterocycles. The Kier molecular flexibility index (Phi) is 7.07. The van der Waals surface area contributed by atoms with Crippen LogP contribution in [0.5, 0.6) is 0 Å². The molecule has 3 aliphatic rings. The van der Waals surface area contributed by atoms with Crippen molar-refractivity contribution in [1.29, 1.82) is 0 Å². The fourth-order valence-corrected chi connectivity index (χ4v) is 6.72. The van der Waals surface area contributed by atoms with E-state index < -0.39 is 0 Å². The second kappa shape index (κ2) is 10.8. The monoisotopic (exact) mass is 510 g/mol. The number of piperidine rings is 1. The van der Waals surface area contributed by atoms with Gasteiger partial charge in [-0.1, -0.05) is 62.1 Å². The van der Waals surface area contributed by atoms with Crippen LogP contribution in [0.1, 0.15) is 68.2 Å². The molecule has 1 aliphatic carbocycles. The summed E-state index contributed by atoms with van der Waals surface area (Å²) in [7, 11) is 0. The van der Waals surface area contributed by atoms with Gasteiger partial charge in [0.15, 0.2) is 0 Å². The lowest BCUT2D eigenvalue weighted by Crippen LogP contribution is -2.38. The molecule has 1 aromatic heterocycles. The molecular formula is C32H38N4O2. The average molecular weight is 511 g/mol. The van der Waals surface area contributed by atoms with Crippen molar-refractivity contribution in [3.05, 3.63) is 65.4 Å². The van der Waals surface area contributed by atoms with Gasteiger partial charge in [0.25, 0.3) is 5.91 Å². The number of aromatic nitrogens is 1. The molecule has 6 heteroatoms. The van der Waals surface area contributed by atoms with E-state index in [1.165, 1.54) is 38.5 Å². The van der Waals surface area contributed by atoms with Crippen LogP contribution in [0.2, 0.25) is 0 Å². The zero-order chi connectivity index (χ0) is 26.1. The highest BCUT2D eigenvalue weighted by molar-refractivity contribution is 6.37. The molecule has 0 unspecified atom stereocenters. The highest BCUT2D eigenvalue weighted by Crippen LogP contribution is 2.41. The first kappa shape index (κ1) is 24.9. The van der Waals surface area contributed by atoms with Gasteiger partial charge in [-0.3, -0.25) is 14.5 Å². The highest BCUT2D eigenvalue weighted by atomic mass is 16.2. The number of benzene rings is 2. The largest absolute Gasteiger partial charge is 0.352 e. The van der Waals surface area contributed by atoms with E-state index in [2.05, 4.69) is 45.2 Å². The Hall–Kier alpha value is -3.38. The molecule has 0 atom stereocenters. The first-order valence-electron chi connectivity index (χ1n) is 14.3. The second-order valence-electron chi connectivity index (χ2n) is 11.2. The molecule has 6 nitrogen and oxygen atoms in total. The third kappa shape index (κ3) is 4.78. The Morgan fingerprint density at radius 2 is 1.63 bits per heavy atom. The number of carbonyl (C=O) groups is 2. The van der Waals surface area contributed by atoms with Crippen molar-refractivity contribution >= 4 is 39.6 Å². The minimum absolute atomic E-state index is 0.0375. The van der Waals surface area contributed by atoms with Gasteiger partial charge < -0.3 is 15.2 Å². The summed E-state index contributed by atoms with van der Waals surface area (Å²) in [6.45, 7) is 5.21. The number of para-hydroxylation sites is 2. The number of hydrogen-bond acceptors (Lipinski definition) is 3. The van der Waals surface area contributed by atoms with E-state index in [-0.39, 0.29) is 24.4 Å². The van der Waals surface area contributed by atoms with Crippen LogP contribution in [0.15, 0.2) is 48.5 Å². The van der Waals surface area contributed by atoms with E-state index in [0.717, 1.165) is 77.0 Å². The topological polar surface area (TPSA) is 66.4 Å². The fourth-order valence-electron chi connectivity index (χ4n) is 6.72. The number of nitrogens with one attached hydrogen (secondary N) is 2. The Balaban J connectivity index is 1.46. The van der Waals surface area contributed by atoms with Gasteiger partial charge in [-0.15, -0.1) is 0 Å². The molecule has 3 aromatic rings. The molecule has 2 N–H and O–H groups in total. The molecule has 1 saturated carbocycles. The van der Waals surface area contributed by atoms with Gasteiger partial charge in [0.1, 0.15) is 6.54 Å². The SMILES string of the molecule is Cc1c(C(CN2CCCCC2)=C2C(=O)Nc3ccccc32)c2ccccc2n1CC(=O)NC1CCCCC1. The lowest BCUT2D eigenvalue weighted by Gasteiger charge is -2.28. The summed E-state index contributed by atoms with van der Waals surface area (Å²) in [4.78, 5) is 29.2. The molecule has 2 amide bonds. The number of hydrogen-bond donors (Lipinski definition) is 2. The van der Waals surface area contributed by atoms with Crippen molar-refractivity contribution in [2.24, 2.45) is 0 Å². The maximum atomic E-state index is 13.5. The first-order valence-corrected chi connectivity index (χ1v) is 14.3. The quantitative estimate of drug-likeness (QED) is 0.415.